The molecule has 1 saturated carbocycles. The Balaban J connectivity index is 2.01. The largest absolute Gasteiger partial charge is 0.351 e. The van der Waals surface area contributed by atoms with Crippen LogP contribution in [0.25, 0.3) is 0 Å². The van der Waals surface area contributed by atoms with Crippen molar-refractivity contribution in [2.75, 3.05) is 23.7 Å². The second-order valence-electron chi connectivity index (χ2n) is 8.81. The fourth-order valence-electron chi connectivity index (χ4n) is 4.43. The molecule has 1 N–H and O–H groups in total. The zero-order valence-electron chi connectivity index (χ0n) is 18.4. The molecule has 0 bridgehead atoms. The smallest absolute Gasteiger partial charge is 0.247 e. The highest BCUT2D eigenvalue weighted by molar-refractivity contribution is 7.89. The minimum absolute atomic E-state index is 0.0375. The number of piperazine rings is 1. The Bertz CT molecular complexity index is 924. The van der Waals surface area contributed by atoms with Crippen LogP contribution in [0, 0.1) is 13.8 Å². The zero-order chi connectivity index (χ0) is 22.1. The Morgan fingerprint density at radius 2 is 1.87 bits per heavy atom. The maximum atomic E-state index is 13.5. The predicted octanol–water partition coefficient (Wildman–Crippen LogP) is 2.51. The molecule has 3 rings (SSSR count). The maximum Gasteiger partial charge on any atom is 0.247 e. The van der Waals surface area contributed by atoms with Gasteiger partial charge in [-0.05, 0) is 63.3 Å². The average Bonchev–Trinajstić information content (AvgIpc) is 3.17. The molecule has 1 aliphatic carbocycles. The number of amides is 2. The molecule has 0 aromatic heterocycles. The van der Waals surface area contributed by atoms with E-state index in [4.69, 9.17) is 0 Å². The van der Waals surface area contributed by atoms with Crippen LogP contribution < -0.4 is 10.2 Å². The monoisotopic (exact) mass is 435 g/mol. The minimum atomic E-state index is -3.61. The molecule has 2 aliphatic rings. The molecular formula is C22H33N3O4S. The summed E-state index contributed by atoms with van der Waals surface area (Å²) in [6.07, 6.45) is 4.42. The lowest BCUT2D eigenvalue weighted by Gasteiger charge is -2.47. The van der Waals surface area contributed by atoms with Crippen molar-refractivity contribution in [1.82, 2.24) is 9.62 Å². The molecule has 166 valence electrons. The molecule has 1 aromatic carbocycles. The number of aryl methyl sites for hydroxylation is 2. The zero-order valence-corrected chi connectivity index (χ0v) is 19.2. The van der Waals surface area contributed by atoms with Crippen molar-refractivity contribution >= 4 is 27.5 Å². The Morgan fingerprint density at radius 3 is 2.47 bits per heavy atom. The number of sulfonamides is 1. The van der Waals surface area contributed by atoms with Crippen molar-refractivity contribution in [1.29, 1.82) is 0 Å². The van der Waals surface area contributed by atoms with E-state index in [9.17, 15) is 18.0 Å². The number of carbonyl (C=O) groups excluding carboxylic acids is 2. The molecule has 2 amide bonds. The van der Waals surface area contributed by atoms with Gasteiger partial charge in [0.05, 0.1) is 12.3 Å². The fraction of sp³-hybridized carbons (Fsp3) is 0.636. The Hall–Kier alpha value is -1.93. The van der Waals surface area contributed by atoms with E-state index < -0.39 is 15.6 Å². The van der Waals surface area contributed by atoms with Crippen LogP contribution in [0.4, 0.5) is 5.69 Å². The molecule has 7 nitrogen and oxygen atoms in total. The molecule has 1 saturated heterocycles. The first-order valence-electron chi connectivity index (χ1n) is 10.8. The van der Waals surface area contributed by atoms with E-state index in [0.717, 1.165) is 36.8 Å². The van der Waals surface area contributed by atoms with E-state index in [2.05, 4.69) is 5.32 Å². The summed E-state index contributed by atoms with van der Waals surface area (Å²) in [6.45, 7) is 7.12. The van der Waals surface area contributed by atoms with Gasteiger partial charge in [-0.15, -0.1) is 0 Å². The van der Waals surface area contributed by atoms with Crippen LogP contribution in [0.5, 0.6) is 0 Å². The van der Waals surface area contributed by atoms with Gasteiger partial charge in [0.2, 0.25) is 21.8 Å². The number of benzene rings is 1. The number of rotatable bonds is 6. The van der Waals surface area contributed by atoms with E-state index in [1.165, 1.54) is 9.21 Å². The van der Waals surface area contributed by atoms with Crippen LogP contribution in [0.2, 0.25) is 0 Å². The van der Waals surface area contributed by atoms with E-state index in [1.54, 1.807) is 13.8 Å². The quantitative estimate of drug-likeness (QED) is 0.744. The molecule has 30 heavy (non-hydrogen) atoms. The molecule has 8 heteroatoms. The number of hydrogen-bond acceptors (Lipinski definition) is 4. The van der Waals surface area contributed by atoms with Crippen LogP contribution in [0.1, 0.15) is 57.1 Å². The number of carbonyl (C=O) groups is 2. The van der Waals surface area contributed by atoms with E-state index in [1.807, 2.05) is 32.0 Å². The van der Waals surface area contributed by atoms with Crippen molar-refractivity contribution in [3.8, 4) is 0 Å². The number of nitrogens with one attached hydrogen (secondary N) is 1. The van der Waals surface area contributed by atoms with Crippen molar-refractivity contribution in [3.05, 3.63) is 29.3 Å². The van der Waals surface area contributed by atoms with Gasteiger partial charge >= 0.3 is 0 Å². The summed E-state index contributed by atoms with van der Waals surface area (Å²) in [4.78, 5) is 28.2. The Kier molecular flexibility index (Phi) is 6.57. The minimum Gasteiger partial charge on any atom is -0.351 e. The summed E-state index contributed by atoms with van der Waals surface area (Å²) in [5.74, 6) is -0.713. The molecular weight excluding hydrogens is 402 g/mol. The molecule has 1 atom stereocenters. The van der Waals surface area contributed by atoms with E-state index in [0.29, 0.717) is 12.1 Å². The second-order valence-corrected chi connectivity index (χ2v) is 10.9. The maximum absolute atomic E-state index is 13.5. The molecule has 1 unspecified atom stereocenters. The van der Waals surface area contributed by atoms with Gasteiger partial charge < -0.3 is 5.32 Å². The van der Waals surface area contributed by atoms with Crippen molar-refractivity contribution in [3.63, 3.8) is 0 Å². The van der Waals surface area contributed by atoms with Crippen LogP contribution in [-0.2, 0) is 19.6 Å². The summed E-state index contributed by atoms with van der Waals surface area (Å²) in [5.41, 5.74) is 1.41. The highest BCUT2D eigenvalue weighted by atomic mass is 32.2. The second kappa shape index (κ2) is 8.67. The van der Waals surface area contributed by atoms with Gasteiger partial charge in [0.15, 0.2) is 0 Å². The topological polar surface area (TPSA) is 86.8 Å². The molecule has 0 spiro atoms. The van der Waals surface area contributed by atoms with Crippen molar-refractivity contribution in [2.24, 2.45) is 0 Å². The van der Waals surface area contributed by atoms with Crippen molar-refractivity contribution < 1.29 is 18.0 Å². The average molecular weight is 436 g/mol. The predicted molar refractivity (Wildman–Crippen MR) is 118 cm³/mol. The van der Waals surface area contributed by atoms with Gasteiger partial charge in [0.25, 0.3) is 0 Å². The number of anilines is 1. The lowest BCUT2D eigenvalue weighted by Crippen LogP contribution is -2.70. The molecule has 1 aromatic rings. The number of nitrogens with zero attached hydrogens (tertiary/aromatic N) is 2. The molecule has 1 aliphatic heterocycles. The normalized spacial score (nSPS) is 23.7. The van der Waals surface area contributed by atoms with Gasteiger partial charge in [0.1, 0.15) is 5.54 Å². The summed E-state index contributed by atoms with van der Waals surface area (Å²) in [6, 6.07) is 5.73. The highest BCUT2D eigenvalue weighted by Gasteiger charge is 2.51. The molecule has 0 radical (unpaired) electrons. The third-order valence-electron chi connectivity index (χ3n) is 6.32. The Morgan fingerprint density at radius 1 is 1.20 bits per heavy atom. The summed E-state index contributed by atoms with van der Waals surface area (Å²) >= 11 is 0. The van der Waals surface area contributed by atoms with Crippen molar-refractivity contribution in [2.45, 2.75) is 71.4 Å². The third kappa shape index (κ3) is 4.39. The fourth-order valence-corrected chi connectivity index (χ4v) is 5.96. The lowest BCUT2D eigenvalue weighted by atomic mass is 9.93. The van der Waals surface area contributed by atoms with Crippen LogP contribution in [0.15, 0.2) is 18.2 Å². The first-order chi connectivity index (χ1) is 14.1. The van der Waals surface area contributed by atoms with Crippen LogP contribution >= 0.6 is 0 Å². The third-order valence-corrected chi connectivity index (χ3v) is 8.29. The lowest BCUT2D eigenvalue weighted by molar-refractivity contribution is -0.133. The van der Waals surface area contributed by atoms with E-state index in [-0.39, 0.29) is 36.7 Å². The van der Waals surface area contributed by atoms with Gasteiger partial charge in [-0.2, -0.15) is 4.31 Å². The summed E-state index contributed by atoms with van der Waals surface area (Å²) in [7, 11) is -3.61. The standard InChI is InChI=1S/C22H33N3O4S/c1-5-12-30(28,29)24-14-20(26)25(19-11-10-16(2)17(3)13-19)22(4,15-24)21(27)23-18-8-6-7-9-18/h10-11,13,18H,5-9,12,14-15H2,1-4H3,(H,23,27). The van der Waals surface area contributed by atoms with Gasteiger partial charge in [-0.1, -0.05) is 25.8 Å². The SMILES string of the molecule is CCCS(=O)(=O)N1CC(=O)N(c2ccc(C)c(C)c2)C(C)(C(=O)NC2CCCC2)C1. The first kappa shape index (κ1) is 22.7. The molecule has 1 heterocycles. The summed E-state index contributed by atoms with van der Waals surface area (Å²) in [5, 5.41) is 3.09. The van der Waals surface area contributed by atoms with Gasteiger partial charge in [-0.3, -0.25) is 14.5 Å². The first-order valence-corrected chi connectivity index (χ1v) is 12.4. The van der Waals surface area contributed by atoms with E-state index >= 15 is 0 Å². The number of hydrogen-bond donors (Lipinski definition) is 1. The van der Waals surface area contributed by atoms with Crippen LogP contribution in [-0.4, -0.2) is 55.0 Å². The highest BCUT2D eigenvalue weighted by Crippen LogP contribution is 2.32. The molecule has 2 fully saturated rings. The van der Waals surface area contributed by atoms with Gasteiger partial charge in [-0.25, -0.2) is 8.42 Å². The van der Waals surface area contributed by atoms with Gasteiger partial charge in [0, 0.05) is 18.3 Å². The van der Waals surface area contributed by atoms with Crippen LogP contribution in [0.3, 0.4) is 0 Å². The summed E-state index contributed by atoms with van der Waals surface area (Å²) < 4.78 is 26.7. The Labute approximate surface area is 179 Å².